The van der Waals surface area contributed by atoms with Crippen LogP contribution >= 0.6 is 0 Å². The lowest BCUT2D eigenvalue weighted by Crippen LogP contribution is -2.54. The fraction of sp³-hybridized carbons (Fsp3) is 0.526. The molecule has 4 heterocycles. The Bertz CT molecular complexity index is 788. The van der Waals surface area contributed by atoms with Crippen LogP contribution in [0.4, 0.5) is 0 Å². The molecular weight excluding hydrogens is 288 g/mol. The van der Waals surface area contributed by atoms with Crippen molar-refractivity contribution in [2.24, 2.45) is 5.92 Å². The first-order valence-electron chi connectivity index (χ1n) is 8.70. The predicted octanol–water partition coefficient (Wildman–Crippen LogP) is 3.10. The summed E-state index contributed by atoms with van der Waals surface area (Å²) in [5, 5.41) is 4.28. The SMILES string of the molecule is Cc1cc2cc(C(=O)NC3C[C@]34CC3CCN4CC3)ccc2o1. The number of carbonyl (C=O) groups is 1. The molecule has 1 aliphatic carbocycles. The molecule has 2 bridgehead atoms. The molecule has 4 aliphatic rings. The number of hydrogen-bond acceptors (Lipinski definition) is 3. The van der Waals surface area contributed by atoms with E-state index in [4.69, 9.17) is 4.42 Å². The Morgan fingerprint density at radius 3 is 2.83 bits per heavy atom. The Hall–Kier alpha value is -1.81. The van der Waals surface area contributed by atoms with E-state index in [0.29, 0.717) is 6.04 Å². The second-order valence-electron chi connectivity index (χ2n) is 7.58. The van der Waals surface area contributed by atoms with Crippen LogP contribution in [0.3, 0.4) is 0 Å². The average molecular weight is 310 g/mol. The summed E-state index contributed by atoms with van der Waals surface area (Å²) in [6, 6.07) is 8.01. The maximum Gasteiger partial charge on any atom is 0.251 e. The Labute approximate surface area is 135 Å². The van der Waals surface area contributed by atoms with Crippen LogP contribution in [-0.2, 0) is 0 Å². The number of nitrogens with zero attached hydrogens (tertiary/aromatic N) is 1. The monoisotopic (exact) mass is 310 g/mol. The van der Waals surface area contributed by atoms with Crippen LogP contribution in [0.5, 0.6) is 0 Å². The molecule has 0 radical (unpaired) electrons. The van der Waals surface area contributed by atoms with Crippen molar-refractivity contribution in [1.29, 1.82) is 0 Å². The number of piperidine rings is 3. The number of rotatable bonds is 2. The first-order chi connectivity index (χ1) is 11.1. The average Bonchev–Trinajstić information content (AvgIpc) is 3.04. The molecule has 2 aromatic rings. The van der Waals surface area contributed by atoms with E-state index in [1.165, 1.54) is 32.4 Å². The molecule has 4 heteroatoms. The molecule has 1 saturated carbocycles. The van der Waals surface area contributed by atoms with E-state index >= 15 is 0 Å². The predicted molar refractivity (Wildman–Crippen MR) is 88.5 cm³/mol. The first kappa shape index (κ1) is 13.6. The molecule has 1 amide bonds. The molecule has 1 unspecified atom stereocenters. The highest BCUT2D eigenvalue weighted by Crippen LogP contribution is 2.53. The standard InChI is InChI=1S/C19H22N2O2/c1-12-8-15-9-14(2-3-16(15)23-12)18(22)20-17-11-19(17)10-13-4-6-21(19)7-5-13/h2-3,8-9,13,17H,4-7,10-11H2,1H3,(H,20,22)/t17?,19-/m1/s1. The van der Waals surface area contributed by atoms with Gasteiger partial charge in [0, 0.05) is 22.5 Å². The number of aryl methyl sites for hydroxylation is 1. The summed E-state index contributed by atoms with van der Waals surface area (Å²) in [6.07, 6.45) is 5.10. The molecule has 2 atom stereocenters. The molecule has 4 nitrogen and oxygen atoms in total. The van der Waals surface area contributed by atoms with E-state index in [2.05, 4.69) is 10.2 Å². The molecule has 1 aromatic carbocycles. The van der Waals surface area contributed by atoms with Gasteiger partial charge in [0.05, 0.1) is 0 Å². The van der Waals surface area contributed by atoms with Crippen LogP contribution in [-0.4, -0.2) is 35.5 Å². The molecule has 1 N–H and O–H groups in total. The summed E-state index contributed by atoms with van der Waals surface area (Å²) in [5.41, 5.74) is 1.86. The van der Waals surface area contributed by atoms with Crippen molar-refractivity contribution in [2.75, 3.05) is 13.1 Å². The largest absolute Gasteiger partial charge is 0.461 e. The number of nitrogens with one attached hydrogen (secondary N) is 1. The highest BCUT2D eigenvalue weighted by atomic mass is 16.3. The minimum Gasteiger partial charge on any atom is -0.461 e. The van der Waals surface area contributed by atoms with Gasteiger partial charge >= 0.3 is 0 Å². The van der Waals surface area contributed by atoms with Gasteiger partial charge in [-0.15, -0.1) is 0 Å². The molecule has 23 heavy (non-hydrogen) atoms. The van der Waals surface area contributed by atoms with Gasteiger partial charge in [-0.05, 0) is 75.9 Å². The van der Waals surface area contributed by atoms with E-state index in [0.717, 1.165) is 34.6 Å². The maximum atomic E-state index is 12.6. The van der Waals surface area contributed by atoms with Gasteiger partial charge in [0.25, 0.3) is 5.91 Å². The Morgan fingerprint density at radius 2 is 2.09 bits per heavy atom. The Kier molecular flexibility index (Phi) is 2.72. The first-order valence-corrected chi connectivity index (χ1v) is 8.70. The summed E-state index contributed by atoms with van der Waals surface area (Å²) in [6.45, 7) is 4.37. The summed E-state index contributed by atoms with van der Waals surface area (Å²) in [4.78, 5) is 15.2. The smallest absolute Gasteiger partial charge is 0.251 e. The number of furan rings is 1. The van der Waals surface area contributed by atoms with Crippen LogP contribution < -0.4 is 5.32 Å². The van der Waals surface area contributed by atoms with Crippen LogP contribution in [0.2, 0.25) is 0 Å². The topological polar surface area (TPSA) is 45.5 Å². The fourth-order valence-electron chi connectivity index (χ4n) is 4.83. The minimum atomic E-state index is 0.0512. The lowest BCUT2D eigenvalue weighted by Gasteiger charge is -2.46. The number of benzene rings is 1. The zero-order valence-electron chi connectivity index (χ0n) is 13.5. The van der Waals surface area contributed by atoms with Crippen LogP contribution in [0.25, 0.3) is 11.0 Å². The van der Waals surface area contributed by atoms with Crippen molar-refractivity contribution < 1.29 is 9.21 Å². The molecule has 1 spiro atoms. The van der Waals surface area contributed by atoms with E-state index < -0.39 is 0 Å². The summed E-state index contributed by atoms with van der Waals surface area (Å²) >= 11 is 0. The van der Waals surface area contributed by atoms with Gasteiger partial charge in [-0.25, -0.2) is 0 Å². The second-order valence-corrected chi connectivity index (χ2v) is 7.58. The lowest BCUT2D eigenvalue weighted by atomic mass is 9.81. The maximum absolute atomic E-state index is 12.6. The normalized spacial score (nSPS) is 34.9. The molecule has 3 aliphatic heterocycles. The third-order valence-corrected chi connectivity index (χ3v) is 6.14. The second kappa shape index (κ2) is 4.60. The van der Waals surface area contributed by atoms with Crippen molar-refractivity contribution in [3.05, 3.63) is 35.6 Å². The lowest BCUT2D eigenvalue weighted by molar-refractivity contribution is 0.0277. The number of fused-ring (bicyclic) bond motifs is 3. The van der Waals surface area contributed by atoms with Crippen molar-refractivity contribution in [3.8, 4) is 0 Å². The van der Waals surface area contributed by atoms with Crippen molar-refractivity contribution in [3.63, 3.8) is 0 Å². The third-order valence-electron chi connectivity index (χ3n) is 6.14. The zero-order valence-corrected chi connectivity index (χ0v) is 13.5. The Balaban J connectivity index is 1.33. The van der Waals surface area contributed by atoms with Crippen LogP contribution in [0.1, 0.15) is 41.8 Å². The fourth-order valence-corrected chi connectivity index (χ4v) is 4.83. The van der Waals surface area contributed by atoms with E-state index in [1.807, 2.05) is 31.2 Å². The zero-order chi connectivity index (χ0) is 15.6. The summed E-state index contributed by atoms with van der Waals surface area (Å²) in [7, 11) is 0. The quantitative estimate of drug-likeness (QED) is 0.927. The number of amides is 1. The molecular formula is C19H22N2O2. The summed E-state index contributed by atoms with van der Waals surface area (Å²) < 4.78 is 5.58. The van der Waals surface area contributed by atoms with E-state index in [1.54, 1.807) is 0 Å². The Morgan fingerprint density at radius 1 is 1.26 bits per heavy atom. The van der Waals surface area contributed by atoms with Crippen molar-refractivity contribution >= 4 is 16.9 Å². The number of carbonyl (C=O) groups excluding carboxylic acids is 1. The van der Waals surface area contributed by atoms with Gasteiger partial charge in [-0.2, -0.15) is 0 Å². The van der Waals surface area contributed by atoms with Crippen molar-refractivity contribution in [1.82, 2.24) is 10.2 Å². The van der Waals surface area contributed by atoms with Gasteiger partial charge in [0.15, 0.2) is 0 Å². The number of hydrogen-bond donors (Lipinski definition) is 1. The van der Waals surface area contributed by atoms with Gasteiger partial charge in [0.1, 0.15) is 11.3 Å². The molecule has 1 aromatic heterocycles. The molecule has 120 valence electrons. The van der Waals surface area contributed by atoms with Gasteiger partial charge < -0.3 is 9.73 Å². The highest BCUT2D eigenvalue weighted by Gasteiger charge is 2.62. The summed E-state index contributed by atoms with van der Waals surface area (Å²) in [5.74, 6) is 1.81. The van der Waals surface area contributed by atoms with E-state index in [9.17, 15) is 4.79 Å². The highest BCUT2D eigenvalue weighted by molar-refractivity contribution is 5.98. The molecule has 3 saturated heterocycles. The van der Waals surface area contributed by atoms with Crippen molar-refractivity contribution in [2.45, 2.75) is 44.2 Å². The van der Waals surface area contributed by atoms with Crippen LogP contribution in [0.15, 0.2) is 28.7 Å². The van der Waals surface area contributed by atoms with Crippen LogP contribution in [0, 0.1) is 12.8 Å². The molecule has 4 fully saturated rings. The van der Waals surface area contributed by atoms with Gasteiger partial charge in [-0.3, -0.25) is 9.69 Å². The van der Waals surface area contributed by atoms with Gasteiger partial charge in [0.2, 0.25) is 0 Å². The molecule has 6 rings (SSSR count). The third kappa shape index (κ3) is 2.04. The van der Waals surface area contributed by atoms with E-state index in [-0.39, 0.29) is 11.4 Å². The minimum absolute atomic E-state index is 0.0512. The van der Waals surface area contributed by atoms with Gasteiger partial charge in [-0.1, -0.05) is 0 Å².